The van der Waals surface area contributed by atoms with Gasteiger partial charge in [0.25, 0.3) is 0 Å². The van der Waals surface area contributed by atoms with E-state index in [-0.39, 0.29) is 24.6 Å². The van der Waals surface area contributed by atoms with Gasteiger partial charge in [0.1, 0.15) is 0 Å². The van der Waals surface area contributed by atoms with Crippen molar-refractivity contribution in [2.45, 2.75) is 32.4 Å². The second kappa shape index (κ2) is 7.97. The smallest absolute Gasteiger partial charge is 0.407 e. The summed E-state index contributed by atoms with van der Waals surface area (Å²) in [5, 5.41) is 12.6. The van der Waals surface area contributed by atoms with Crippen LogP contribution >= 0.6 is 0 Å². The Kier molecular flexibility index (Phi) is 5.98. The molecule has 1 fully saturated rings. The van der Waals surface area contributed by atoms with Crippen molar-refractivity contribution in [3.8, 4) is 0 Å². The van der Waals surface area contributed by atoms with Crippen LogP contribution in [0.2, 0.25) is 0 Å². The first-order valence-corrected chi connectivity index (χ1v) is 7.98. The maximum Gasteiger partial charge on any atom is 0.407 e. The van der Waals surface area contributed by atoms with E-state index in [9.17, 15) is 9.59 Å². The number of nitrogens with one attached hydrogen (secondary N) is 1. The Bertz CT molecular complexity index is 535. The fourth-order valence-corrected chi connectivity index (χ4v) is 2.97. The zero-order chi connectivity index (χ0) is 16.8. The van der Waals surface area contributed by atoms with Crippen molar-refractivity contribution in [2.75, 3.05) is 19.7 Å². The minimum Gasteiger partial charge on any atom is -0.466 e. The van der Waals surface area contributed by atoms with Crippen molar-refractivity contribution in [1.82, 2.24) is 10.2 Å². The SMILES string of the molecule is CCOC(=O)[C@H]1CN(C(=O)O)CC[C@H]1NC(C)c1ccccc1. The van der Waals surface area contributed by atoms with Gasteiger partial charge in [0, 0.05) is 25.2 Å². The van der Waals surface area contributed by atoms with Crippen LogP contribution in [0.1, 0.15) is 31.9 Å². The van der Waals surface area contributed by atoms with Gasteiger partial charge in [-0.05, 0) is 25.8 Å². The highest BCUT2D eigenvalue weighted by Crippen LogP contribution is 2.23. The van der Waals surface area contributed by atoms with Gasteiger partial charge in [0.15, 0.2) is 0 Å². The molecule has 126 valence electrons. The Morgan fingerprint density at radius 2 is 2.09 bits per heavy atom. The molecule has 1 aromatic rings. The molecule has 0 bridgehead atoms. The Labute approximate surface area is 136 Å². The van der Waals surface area contributed by atoms with Crippen LogP contribution in [0.15, 0.2) is 30.3 Å². The Balaban J connectivity index is 2.08. The number of benzene rings is 1. The molecule has 1 aliphatic rings. The summed E-state index contributed by atoms with van der Waals surface area (Å²) >= 11 is 0. The van der Waals surface area contributed by atoms with Gasteiger partial charge in [0.2, 0.25) is 0 Å². The second-order valence-corrected chi connectivity index (χ2v) is 5.78. The number of nitrogens with zero attached hydrogens (tertiary/aromatic N) is 1. The van der Waals surface area contributed by atoms with Crippen LogP contribution in [0.3, 0.4) is 0 Å². The van der Waals surface area contributed by atoms with Crippen LogP contribution in [0.25, 0.3) is 0 Å². The number of carboxylic acid groups (broad SMARTS) is 1. The van der Waals surface area contributed by atoms with Crippen LogP contribution in [0.4, 0.5) is 4.79 Å². The molecule has 0 saturated carbocycles. The Morgan fingerprint density at radius 1 is 1.39 bits per heavy atom. The molecule has 23 heavy (non-hydrogen) atoms. The highest BCUT2D eigenvalue weighted by Gasteiger charge is 2.37. The van der Waals surface area contributed by atoms with Crippen LogP contribution in [0, 0.1) is 5.92 Å². The van der Waals surface area contributed by atoms with E-state index in [0.717, 1.165) is 5.56 Å². The number of hydrogen-bond acceptors (Lipinski definition) is 4. The van der Waals surface area contributed by atoms with Gasteiger partial charge in [-0.3, -0.25) is 4.79 Å². The van der Waals surface area contributed by atoms with Gasteiger partial charge in [-0.1, -0.05) is 30.3 Å². The second-order valence-electron chi connectivity index (χ2n) is 5.78. The number of esters is 1. The van der Waals surface area contributed by atoms with Gasteiger partial charge < -0.3 is 20.1 Å². The first kappa shape index (κ1) is 17.3. The Morgan fingerprint density at radius 3 is 2.70 bits per heavy atom. The van der Waals surface area contributed by atoms with Crippen molar-refractivity contribution >= 4 is 12.1 Å². The molecule has 2 N–H and O–H groups in total. The van der Waals surface area contributed by atoms with Crippen molar-refractivity contribution in [3.05, 3.63) is 35.9 Å². The lowest BCUT2D eigenvalue weighted by Gasteiger charge is -2.37. The number of carbonyl (C=O) groups excluding carboxylic acids is 1. The maximum atomic E-state index is 12.2. The fraction of sp³-hybridized carbons (Fsp3) is 0.529. The summed E-state index contributed by atoms with van der Waals surface area (Å²) in [4.78, 5) is 24.7. The quantitative estimate of drug-likeness (QED) is 0.814. The lowest BCUT2D eigenvalue weighted by atomic mass is 9.91. The van der Waals surface area contributed by atoms with Gasteiger partial charge in [-0.25, -0.2) is 4.79 Å². The Hall–Kier alpha value is -2.08. The highest BCUT2D eigenvalue weighted by atomic mass is 16.5. The molecule has 1 heterocycles. The molecule has 0 radical (unpaired) electrons. The van der Waals surface area contributed by atoms with E-state index in [4.69, 9.17) is 9.84 Å². The number of piperidine rings is 1. The van der Waals surface area contributed by atoms with Crippen molar-refractivity contribution in [1.29, 1.82) is 0 Å². The molecule has 1 amide bonds. The summed E-state index contributed by atoms with van der Waals surface area (Å²) in [7, 11) is 0. The lowest BCUT2D eigenvalue weighted by Crippen LogP contribution is -2.54. The molecular formula is C17H24N2O4. The van der Waals surface area contributed by atoms with E-state index in [0.29, 0.717) is 19.6 Å². The molecule has 3 atom stereocenters. The number of ether oxygens (including phenoxy) is 1. The molecule has 1 unspecified atom stereocenters. The lowest BCUT2D eigenvalue weighted by molar-refractivity contribution is -0.150. The monoisotopic (exact) mass is 320 g/mol. The first-order chi connectivity index (χ1) is 11.0. The average Bonchev–Trinajstić information content (AvgIpc) is 2.56. The summed E-state index contributed by atoms with van der Waals surface area (Å²) in [5.74, 6) is -0.817. The molecule has 2 rings (SSSR count). The summed E-state index contributed by atoms with van der Waals surface area (Å²) in [6, 6.07) is 9.96. The van der Waals surface area contributed by atoms with E-state index >= 15 is 0 Å². The molecule has 6 nitrogen and oxygen atoms in total. The van der Waals surface area contributed by atoms with Gasteiger partial charge in [-0.2, -0.15) is 0 Å². The molecule has 1 aliphatic heterocycles. The van der Waals surface area contributed by atoms with Gasteiger partial charge in [0.05, 0.1) is 12.5 Å². The molecule has 1 aromatic carbocycles. The van der Waals surface area contributed by atoms with E-state index < -0.39 is 12.0 Å². The van der Waals surface area contributed by atoms with Gasteiger partial charge in [-0.15, -0.1) is 0 Å². The van der Waals surface area contributed by atoms with Crippen molar-refractivity contribution < 1.29 is 19.4 Å². The minimum absolute atomic E-state index is 0.0782. The molecule has 6 heteroatoms. The first-order valence-electron chi connectivity index (χ1n) is 7.98. The number of hydrogen-bond donors (Lipinski definition) is 2. The van der Waals surface area contributed by atoms with E-state index in [1.807, 2.05) is 37.3 Å². The molecule has 0 aliphatic carbocycles. The van der Waals surface area contributed by atoms with Gasteiger partial charge >= 0.3 is 12.1 Å². The molecular weight excluding hydrogens is 296 g/mol. The van der Waals surface area contributed by atoms with E-state index in [1.54, 1.807) is 6.92 Å². The minimum atomic E-state index is -0.992. The summed E-state index contributed by atoms with van der Waals surface area (Å²) in [5.41, 5.74) is 1.13. The standard InChI is InChI=1S/C17H24N2O4/c1-3-23-16(20)14-11-19(17(21)22)10-9-15(14)18-12(2)13-7-5-4-6-8-13/h4-8,12,14-15,18H,3,9-11H2,1-2H3,(H,21,22)/t12?,14-,15+/m0/s1. The maximum absolute atomic E-state index is 12.2. The third-order valence-corrected chi connectivity index (χ3v) is 4.24. The number of amides is 1. The molecule has 0 spiro atoms. The van der Waals surface area contributed by atoms with Crippen molar-refractivity contribution in [2.24, 2.45) is 5.92 Å². The topological polar surface area (TPSA) is 78.9 Å². The molecule has 0 aromatic heterocycles. The third kappa shape index (κ3) is 4.45. The number of rotatable bonds is 5. The summed E-state index contributed by atoms with van der Waals surface area (Å²) < 4.78 is 5.13. The average molecular weight is 320 g/mol. The van der Waals surface area contributed by atoms with Crippen LogP contribution < -0.4 is 5.32 Å². The third-order valence-electron chi connectivity index (χ3n) is 4.24. The normalized spacial score (nSPS) is 22.4. The number of likely N-dealkylation sites (tertiary alicyclic amines) is 1. The zero-order valence-corrected chi connectivity index (χ0v) is 13.6. The fourth-order valence-electron chi connectivity index (χ4n) is 2.97. The van der Waals surface area contributed by atoms with E-state index in [1.165, 1.54) is 4.90 Å². The number of carbonyl (C=O) groups is 2. The van der Waals surface area contributed by atoms with E-state index in [2.05, 4.69) is 5.32 Å². The van der Waals surface area contributed by atoms with Crippen LogP contribution in [-0.2, 0) is 9.53 Å². The molecule has 1 saturated heterocycles. The predicted octanol–water partition coefficient (Wildman–Crippen LogP) is 2.27. The summed E-state index contributed by atoms with van der Waals surface area (Å²) in [6.07, 6.45) is -0.402. The summed E-state index contributed by atoms with van der Waals surface area (Å²) in [6.45, 7) is 4.69. The predicted molar refractivity (Wildman–Crippen MR) is 86.1 cm³/mol. The van der Waals surface area contributed by atoms with Crippen molar-refractivity contribution in [3.63, 3.8) is 0 Å². The van der Waals surface area contributed by atoms with Crippen LogP contribution in [-0.4, -0.2) is 47.8 Å². The highest BCUT2D eigenvalue weighted by molar-refractivity contribution is 5.75. The zero-order valence-electron chi connectivity index (χ0n) is 13.6. The van der Waals surface area contributed by atoms with Crippen LogP contribution in [0.5, 0.6) is 0 Å². The largest absolute Gasteiger partial charge is 0.466 e.